The van der Waals surface area contributed by atoms with E-state index in [1.807, 2.05) is 91.0 Å². The van der Waals surface area contributed by atoms with Crippen molar-refractivity contribution in [3.63, 3.8) is 0 Å². The molecule has 7 nitrogen and oxygen atoms in total. The Morgan fingerprint density at radius 2 is 1.50 bits per heavy atom. The quantitative estimate of drug-likeness (QED) is 0.206. The predicted octanol–water partition coefficient (Wildman–Crippen LogP) is 4.61. The molecule has 8 heteroatoms. The maximum absolute atomic E-state index is 12.6. The van der Waals surface area contributed by atoms with Crippen LogP contribution in [0.1, 0.15) is 34.9 Å². The fraction of sp³-hybridized carbons (Fsp3) is 0.233. The van der Waals surface area contributed by atoms with Gasteiger partial charge in [-0.25, -0.2) is 9.79 Å². The van der Waals surface area contributed by atoms with E-state index in [2.05, 4.69) is 15.1 Å². The number of benzene rings is 3. The van der Waals surface area contributed by atoms with E-state index in [1.165, 1.54) is 10.8 Å². The Kier molecular flexibility index (Phi) is 7.58. The van der Waals surface area contributed by atoms with Gasteiger partial charge < -0.3 is 9.47 Å². The Hall–Kier alpha value is -3.94. The van der Waals surface area contributed by atoms with Gasteiger partial charge in [0.25, 0.3) is 5.56 Å². The van der Waals surface area contributed by atoms with Crippen molar-refractivity contribution in [3.8, 4) is 0 Å². The molecule has 3 aromatic carbocycles. The van der Waals surface area contributed by atoms with Crippen LogP contribution in [0.4, 0.5) is 0 Å². The molecule has 1 fully saturated rings. The third-order valence-corrected chi connectivity index (χ3v) is 6.99. The van der Waals surface area contributed by atoms with Crippen molar-refractivity contribution in [1.29, 1.82) is 0 Å². The number of thiocarbonyl (C=S) groups is 1. The van der Waals surface area contributed by atoms with Gasteiger partial charge in [0.2, 0.25) is 0 Å². The molecule has 0 amide bonds. The summed E-state index contributed by atoms with van der Waals surface area (Å²) < 4.78 is 14.6. The number of hydrogen-bond acceptors (Lipinski definition) is 6. The van der Waals surface area contributed by atoms with Gasteiger partial charge in [-0.15, -0.1) is 0 Å². The Labute approximate surface area is 225 Å². The Morgan fingerprint density at radius 3 is 2.00 bits per heavy atom. The van der Waals surface area contributed by atoms with Gasteiger partial charge in [0, 0.05) is 18.2 Å². The summed E-state index contributed by atoms with van der Waals surface area (Å²) in [5, 5.41) is 2.47. The molecule has 0 saturated carbocycles. The fourth-order valence-corrected chi connectivity index (χ4v) is 5.15. The highest BCUT2D eigenvalue weighted by molar-refractivity contribution is 7.78. The summed E-state index contributed by atoms with van der Waals surface area (Å²) in [7, 11) is 0. The largest absolute Gasteiger partial charge is 0.358 e. The molecule has 1 unspecified atom stereocenters. The second-order valence-corrected chi connectivity index (χ2v) is 9.40. The monoisotopic (exact) mass is 525 g/mol. The predicted molar refractivity (Wildman–Crippen MR) is 149 cm³/mol. The van der Waals surface area contributed by atoms with Crippen LogP contribution in [0.15, 0.2) is 112 Å². The molecule has 3 atom stereocenters. The van der Waals surface area contributed by atoms with E-state index in [4.69, 9.17) is 21.7 Å². The maximum Gasteiger partial charge on any atom is 0.330 e. The molecular weight excluding hydrogens is 498 g/mol. The number of hydrogen-bond donors (Lipinski definition) is 1. The number of aromatic nitrogens is 2. The Bertz CT molecular complexity index is 1450. The third kappa shape index (κ3) is 4.95. The zero-order valence-corrected chi connectivity index (χ0v) is 21.6. The fourth-order valence-electron chi connectivity index (χ4n) is 5.02. The van der Waals surface area contributed by atoms with Gasteiger partial charge in [0.1, 0.15) is 17.9 Å². The minimum atomic E-state index is -0.928. The Balaban J connectivity index is 1.54. The Morgan fingerprint density at radius 1 is 0.974 bits per heavy atom. The highest BCUT2D eigenvalue weighted by atomic mass is 32.1. The summed E-state index contributed by atoms with van der Waals surface area (Å²) in [5.74, 6) is 0. The lowest BCUT2D eigenvalue weighted by Crippen LogP contribution is -2.38. The molecule has 0 aliphatic carbocycles. The molecule has 192 valence electrons. The summed E-state index contributed by atoms with van der Waals surface area (Å²) in [4.78, 5) is 31.1. The lowest BCUT2D eigenvalue weighted by molar-refractivity contribution is -0.0795. The van der Waals surface area contributed by atoms with Crippen LogP contribution in [0.3, 0.4) is 0 Å². The van der Waals surface area contributed by atoms with Crippen LogP contribution < -0.4 is 11.2 Å². The van der Waals surface area contributed by atoms with Crippen molar-refractivity contribution in [2.45, 2.75) is 37.3 Å². The van der Waals surface area contributed by atoms with Gasteiger partial charge in [0.05, 0.1) is 17.8 Å². The lowest BCUT2D eigenvalue weighted by Gasteiger charge is -2.37. The van der Waals surface area contributed by atoms with Crippen LogP contribution in [0.25, 0.3) is 0 Å². The second-order valence-electron chi connectivity index (χ2n) is 9.22. The van der Waals surface area contributed by atoms with Crippen molar-refractivity contribution >= 4 is 17.4 Å². The molecule has 1 N–H and O–H groups in total. The molecule has 2 heterocycles. The molecule has 5 rings (SSSR count). The summed E-state index contributed by atoms with van der Waals surface area (Å²) in [5.41, 5.74) is 1.43. The smallest absolute Gasteiger partial charge is 0.330 e. The maximum atomic E-state index is 12.6. The first kappa shape index (κ1) is 25.7. The van der Waals surface area contributed by atoms with Gasteiger partial charge in [-0.3, -0.25) is 14.3 Å². The number of H-pyrrole nitrogens is 1. The van der Waals surface area contributed by atoms with Crippen LogP contribution in [-0.4, -0.2) is 33.5 Å². The number of aryl methyl sites for hydroxylation is 1. The minimum absolute atomic E-state index is 0.164. The molecule has 1 aliphatic heterocycles. The summed E-state index contributed by atoms with van der Waals surface area (Å²) in [6.07, 6.45) is 0.751. The van der Waals surface area contributed by atoms with E-state index in [1.54, 1.807) is 6.92 Å². The van der Waals surface area contributed by atoms with Gasteiger partial charge in [-0.1, -0.05) is 91.0 Å². The normalized spacial score (nSPS) is 19.1. The molecule has 0 radical (unpaired) electrons. The van der Waals surface area contributed by atoms with Crippen molar-refractivity contribution in [2.24, 2.45) is 4.99 Å². The van der Waals surface area contributed by atoms with Gasteiger partial charge in [0.15, 0.2) is 0 Å². The summed E-state index contributed by atoms with van der Waals surface area (Å²) >= 11 is 4.92. The molecular formula is C30H27N3O4S. The van der Waals surface area contributed by atoms with Crippen LogP contribution in [0, 0.1) is 6.92 Å². The van der Waals surface area contributed by atoms with Crippen molar-refractivity contribution < 1.29 is 9.47 Å². The van der Waals surface area contributed by atoms with Crippen molar-refractivity contribution in [1.82, 2.24) is 9.55 Å². The molecule has 4 aromatic rings. The SMILES string of the molecule is Cc1cn([C@H]2CC(N=C=S)[C@@H](COC(c3ccccc3)(c3ccccc3)c3ccccc3)O2)c(=O)[nH]c1=O. The number of rotatable bonds is 8. The number of nitrogens with one attached hydrogen (secondary N) is 1. The first-order chi connectivity index (χ1) is 18.5. The van der Waals surface area contributed by atoms with Crippen molar-refractivity contribution in [2.75, 3.05) is 6.61 Å². The number of aliphatic imine (C=N–C) groups is 1. The summed E-state index contributed by atoms with van der Waals surface area (Å²) in [6, 6.07) is 29.8. The first-order valence-electron chi connectivity index (χ1n) is 12.4. The lowest BCUT2D eigenvalue weighted by atomic mass is 9.80. The van der Waals surface area contributed by atoms with Crippen LogP contribution in [0.2, 0.25) is 0 Å². The number of aromatic amines is 1. The average Bonchev–Trinajstić information content (AvgIpc) is 3.35. The minimum Gasteiger partial charge on any atom is -0.358 e. The molecule has 0 spiro atoms. The van der Waals surface area contributed by atoms with Crippen LogP contribution in [-0.2, 0) is 15.1 Å². The highest BCUT2D eigenvalue weighted by Gasteiger charge is 2.42. The standard InChI is InChI=1S/C30H27N3O4S/c1-21-18-33(29(35)32-28(21)34)27-17-25(31-20-38)26(37-27)19-36-30(22-11-5-2-6-12-22,23-13-7-3-8-14-23)24-15-9-4-10-16-24/h2-16,18,25-27H,17,19H2,1H3,(H,32,34,35)/t25?,26-,27-/m1/s1. The molecule has 1 saturated heterocycles. The van der Waals surface area contributed by atoms with Crippen LogP contribution in [0.5, 0.6) is 0 Å². The average molecular weight is 526 g/mol. The van der Waals surface area contributed by atoms with E-state index >= 15 is 0 Å². The second kappa shape index (κ2) is 11.2. The number of nitrogens with zero attached hydrogens (tertiary/aromatic N) is 2. The van der Waals surface area contributed by atoms with Gasteiger partial charge in [-0.2, -0.15) is 0 Å². The third-order valence-electron chi connectivity index (χ3n) is 6.88. The zero-order chi connectivity index (χ0) is 26.5. The van der Waals surface area contributed by atoms with E-state index in [9.17, 15) is 9.59 Å². The molecule has 38 heavy (non-hydrogen) atoms. The van der Waals surface area contributed by atoms with Gasteiger partial charge >= 0.3 is 5.69 Å². The number of isothiocyanates is 1. The van der Waals surface area contributed by atoms with Gasteiger partial charge in [-0.05, 0) is 35.8 Å². The van der Waals surface area contributed by atoms with Crippen molar-refractivity contribution in [3.05, 3.63) is 140 Å². The van der Waals surface area contributed by atoms with Crippen LogP contribution >= 0.6 is 12.2 Å². The highest BCUT2D eigenvalue weighted by Crippen LogP contribution is 2.41. The molecule has 0 bridgehead atoms. The van der Waals surface area contributed by atoms with E-state index in [-0.39, 0.29) is 12.6 Å². The number of ether oxygens (including phenoxy) is 2. The summed E-state index contributed by atoms with van der Waals surface area (Å²) in [6.45, 7) is 1.81. The zero-order valence-electron chi connectivity index (χ0n) is 20.8. The topological polar surface area (TPSA) is 85.7 Å². The molecule has 1 aromatic heterocycles. The van der Waals surface area contributed by atoms with E-state index in [0.717, 1.165) is 16.7 Å². The molecule has 1 aliphatic rings. The van der Waals surface area contributed by atoms with E-state index in [0.29, 0.717) is 12.0 Å². The van der Waals surface area contributed by atoms with E-state index < -0.39 is 29.2 Å². The first-order valence-corrected chi connectivity index (χ1v) is 12.8.